The van der Waals surface area contributed by atoms with Gasteiger partial charge in [-0.3, -0.25) is 0 Å². The van der Waals surface area contributed by atoms with Crippen LogP contribution in [0.1, 0.15) is 25.5 Å². The summed E-state index contributed by atoms with van der Waals surface area (Å²) >= 11 is 1.70. The van der Waals surface area contributed by atoms with Crippen LogP contribution in [0.5, 0.6) is 5.75 Å². The minimum absolute atomic E-state index is 0.147. The van der Waals surface area contributed by atoms with E-state index in [1.54, 1.807) is 29.9 Å². The number of thioether (sulfide) groups is 1. The molecular weight excluding hydrogens is 384 g/mol. The molecule has 0 amide bonds. The van der Waals surface area contributed by atoms with E-state index in [0.29, 0.717) is 5.82 Å². The minimum atomic E-state index is 0.147. The zero-order valence-electron chi connectivity index (χ0n) is 16.6. The molecule has 4 aromatic rings. The number of benzene rings is 2. The Hall–Kier alpha value is -3.13. The van der Waals surface area contributed by atoms with Crippen molar-refractivity contribution in [2.24, 2.45) is 0 Å². The molecule has 148 valence electrons. The zero-order chi connectivity index (χ0) is 20.2. The molecule has 0 unspecified atom stereocenters. The second-order valence-electron chi connectivity index (χ2n) is 6.77. The average Bonchev–Trinajstić information content (AvgIpc) is 3.40. The Morgan fingerprint density at radius 1 is 1.03 bits per heavy atom. The molecule has 0 aliphatic carbocycles. The number of rotatable bonds is 7. The molecule has 4 rings (SSSR count). The molecule has 0 saturated heterocycles. The van der Waals surface area contributed by atoms with Crippen molar-refractivity contribution in [1.29, 1.82) is 0 Å². The monoisotopic (exact) mass is 406 g/mol. The van der Waals surface area contributed by atoms with Gasteiger partial charge in [0.15, 0.2) is 0 Å². The Morgan fingerprint density at radius 2 is 1.79 bits per heavy atom. The lowest BCUT2D eigenvalue weighted by atomic mass is 10.2. The van der Waals surface area contributed by atoms with E-state index in [2.05, 4.69) is 32.6 Å². The van der Waals surface area contributed by atoms with Crippen LogP contribution in [0.4, 0.5) is 0 Å². The van der Waals surface area contributed by atoms with E-state index in [-0.39, 0.29) is 6.04 Å². The molecule has 0 aliphatic rings. The van der Waals surface area contributed by atoms with E-state index < -0.39 is 0 Å². The minimum Gasteiger partial charge on any atom is -0.497 e. The van der Waals surface area contributed by atoms with E-state index >= 15 is 0 Å². The van der Waals surface area contributed by atoms with Gasteiger partial charge in [-0.05, 0) is 48.9 Å². The van der Waals surface area contributed by atoms with Crippen LogP contribution < -0.4 is 4.74 Å². The standard InChI is InChI=1S/C21H22N6OS/c1-15(2)27-24-20(23-25-27)19-13-22-26(17-9-11-18(28-3)12-10-17)21(19)29-14-16-7-5-4-6-8-16/h4-13,15H,14H2,1-3H3. The Morgan fingerprint density at radius 3 is 2.45 bits per heavy atom. The number of nitrogens with zero attached hydrogens (tertiary/aromatic N) is 6. The number of hydrogen-bond acceptors (Lipinski definition) is 6. The van der Waals surface area contributed by atoms with Crippen LogP contribution in [0.2, 0.25) is 0 Å². The third-order valence-corrected chi connectivity index (χ3v) is 5.54. The van der Waals surface area contributed by atoms with Gasteiger partial charge in [-0.2, -0.15) is 9.90 Å². The first-order valence-electron chi connectivity index (χ1n) is 9.34. The predicted molar refractivity (Wildman–Crippen MR) is 113 cm³/mol. The van der Waals surface area contributed by atoms with Gasteiger partial charge in [-0.15, -0.1) is 22.0 Å². The van der Waals surface area contributed by atoms with E-state index in [1.165, 1.54) is 5.56 Å². The van der Waals surface area contributed by atoms with Gasteiger partial charge in [0.2, 0.25) is 5.82 Å². The topological polar surface area (TPSA) is 70.7 Å². The Labute approximate surface area is 173 Å². The maximum Gasteiger partial charge on any atom is 0.209 e. The second-order valence-corrected chi connectivity index (χ2v) is 7.74. The van der Waals surface area contributed by atoms with Crippen LogP contribution in [0.15, 0.2) is 65.8 Å². The highest BCUT2D eigenvalue weighted by Crippen LogP contribution is 2.34. The van der Waals surface area contributed by atoms with E-state index in [1.807, 2.05) is 61.0 Å². The number of ether oxygens (including phenoxy) is 1. The van der Waals surface area contributed by atoms with Gasteiger partial charge >= 0.3 is 0 Å². The van der Waals surface area contributed by atoms with Gasteiger partial charge in [0.1, 0.15) is 10.8 Å². The fraction of sp³-hybridized carbons (Fsp3) is 0.238. The van der Waals surface area contributed by atoms with Gasteiger partial charge in [-0.25, -0.2) is 4.68 Å². The average molecular weight is 407 g/mol. The van der Waals surface area contributed by atoms with Crippen LogP contribution in [0.25, 0.3) is 17.1 Å². The first-order chi connectivity index (χ1) is 14.2. The molecule has 0 aliphatic heterocycles. The third kappa shape index (κ3) is 4.17. The van der Waals surface area contributed by atoms with Gasteiger partial charge in [0.25, 0.3) is 0 Å². The maximum atomic E-state index is 5.27. The van der Waals surface area contributed by atoms with Crippen LogP contribution in [0, 0.1) is 0 Å². The first-order valence-corrected chi connectivity index (χ1v) is 10.3. The summed E-state index contributed by atoms with van der Waals surface area (Å²) in [7, 11) is 1.66. The molecule has 2 aromatic carbocycles. The highest BCUT2D eigenvalue weighted by atomic mass is 32.2. The molecule has 0 fully saturated rings. The lowest BCUT2D eigenvalue weighted by Gasteiger charge is -2.09. The SMILES string of the molecule is COc1ccc(-n2ncc(-c3nnn(C(C)C)n3)c2SCc2ccccc2)cc1. The smallest absolute Gasteiger partial charge is 0.209 e. The van der Waals surface area contributed by atoms with E-state index in [4.69, 9.17) is 4.74 Å². The highest BCUT2D eigenvalue weighted by molar-refractivity contribution is 7.98. The fourth-order valence-corrected chi connectivity index (χ4v) is 3.88. The first kappa shape index (κ1) is 19.2. The van der Waals surface area contributed by atoms with Crippen LogP contribution >= 0.6 is 11.8 Å². The number of methoxy groups -OCH3 is 1. The van der Waals surface area contributed by atoms with Crippen LogP contribution in [-0.4, -0.2) is 37.1 Å². The number of hydrogen-bond donors (Lipinski definition) is 0. The predicted octanol–water partition coefficient (Wildman–Crippen LogP) is 4.41. The van der Waals surface area contributed by atoms with Crippen molar-refractivity contribution in [2.75, 3.05) is 7.11 Å². The summed E-state index contributed by atoms with van der Waals surface area (Å²) in [6, 6.07) is 18.3. The molecule has 0 saturated carbocycles. The van der Waals surface area contributed by atoms with Crippen LogP contribution in [0.3, 0.4) is 0 Å². The molecule has 29 heavy (non-hydrogen) atoms. The summed E-state index contributed by atoms with van der Waals surface area (Å²) in [5, 5.41) is 18.6. The largest absolute Gasteiger partial charge is 0.497 e. The van der Waals surface area contributed by atoms with Crippen molar-refractivity contribution in [1.82, 2.24) is 30.0 Å². The Bertz CT molecular complexity index is 1070. The van der Waals surface area contributed by atoms with Crippen molar-refractivity contribution in [3.05, 3.63) is 66.4 Å². The molecule has 2 heterocycles. The zero-order valence-corrected chi connectivity index (χ0v) is 17.4. The molecule has 7 nitrogen and oxygen atoms in total. The molecule has 2 aromatic heterocycles. The summed E-state index contributed by atoms with van der Waals surface area (Å²) in [6.07, 6.45) is 1.80. The lowest BCUT2D eigenvalue weighted by molar-refractivity contribution is 0.414. The van der Waals surface area contributed by atoms with Crippen molar-refractivity contribution in [3.63, 3.8) is 0 Å². The summed E-state index contributed by atoms with van der Waals surface area (Å²) in [4.78, 5) is 1.62. The number of aromatic nitrogens is 6. The van der Waals surface area contributed by atoms with Gasteiger partial charge in [0.05, 0.1) is 30.6 Å². The Balaban J connectivity index is 1.72. The quantitative estimate of drug-likeness (QED) is 0.424. The molecule has 0 spiro atoms. The highest BCUT2D eigenvalue weighted by Gasteiger charge is 2.19. The van der Waals surface area contributed by atoms with Gasteiger partial charge < -0.3 is 4.74 Å². The molecule has 0 bridgehead atoms. The number of tetrazole rings is 1. The normalized spacial score (nSPS) is 11.2. The summed E-state index contributed by atoms with van der Waals surface area (Å²) in [6.45, 7) is 4.05. The van der Waals surface area contributed by atoms with Crippen molar-refractivity contribution in [3.8, 4) is 22.8 Å². The summed E-state index contributed by atoms with van der Waals surface area (Å²) in [5.41, 5.74) is 3.06. The lowest BCUT2D eigenvalue weighted by Crippen LogP contribution is -2.04. The second kappa shape index (κ2) is 8.48. The van der Waals surface area contributed by atoms with Gasteiger partial charge in [-0.1, -0.05) is 30.3 Å². The maximum absolute atomic E-state index is 5.27. The third-order valence-electron chi connectivity index (χ3n) is 4.39. The Kier molecular flexibility index (Phi) is 5.62. The summed E-state index contributed by atoms with van der Waals surface area (Å²) < 4.78 is 7.19. The van der Waals surface area contributed by atoms with E-state index in [9.17, 15) is 0 Å². The molecule has 0 N–H and O–H groups in total. The van der Waals surface area contributed by atoms with E-state index in [0.717, 1.165) is 27.8 Å². The van der Waals surface area contributed by atoms with Crippen molar-refractivity contribution < 1.29 is 4.74 Å². The van der Waals surface area contributed by atoms with Gasteiger partial charge in [0, 0.05) is 5.75 Å². The summed E-state index contributed by atoms with van der Waals surface area (Å²) in [5.74, 6) is 2.20. The molecule has 0 radical (unpaired) electrons. The van der Waals surface area contributed by atoms with Crippen molar-refractivity contribution in [2.45, 2.75) is 30.7 Å². The van der Waals surface area contributed by atoms with Crippen LogP contribution in [-0.2, 0) is 5.75 Å². The molecular formula is C21H22N6OS. The molecule has 0 atom stereocenters. The fourth-order valence-electron chi connectivity index (χ4n) is 2.81. The molecule has 8 heteroatoms. The van der Waals surface area contributed by atoms with Crippen molar-refractivity contribution >= 4 is 11.8 Å².